The Balaban J connectivity index is 2.37. The van der Waals surface area contributed by atoms with Crippen molar-refractivity contribution in [3.8, 4) is 5.69 Å². The summed E-state index contributed by atoms with van der Waals surface area (Å²) in [5, 5.41) is 4.39. The summed E-state index contributed by atoms with van der Waals surface area (Å²) in [5.41, 5.74) is 1.88. The summed E-state index contributed by atoms with van der Waals surface area (Å²) in [6.45, 7) is 7.86. The summed E-state index contributed by atoms with van der Waals surface area (Å²) in [7, 11) is 0. The number of carbonyl (C=O) groups excluding carboxylic acids is 1. The van der Waals surface area contributed by atoms with Crippen LogP contribution >= 0.6 is 11.8 Å². The highest BCUT2D eigenvalue weighted by Gasteiger charge is 2.24. The number of halogens is 1. The van der Waals surface area contributed by atoms with E-state index in [4.69, 9.17) is 0 Å². The van der Waals surface area contributed by atoms with Gasteiger partial charge in [0.15, 0.2) is 0 Å². The first-order chi connectivity index (χ1) is 11.5. The molecule has 0 saturated heterocycles. The fraction of sp³-hybridized carbons (Fsp3) is 0.353. The van der Waals surface area contributed by atoms with E-state index in [1.54, 1.807) is 28.9 Å². The molecule has 0 bridgehead atoms. The quantitative estimate of drug-likeness (QED) is 0.721. The van der Waals surface area contributed by atoms with Crippen molar-refractivity contribution in [3.63, 3.8) is 0 Å². The zero-order valence-corrected chi connectivity index (χ0v) is 14.9. The summed E-state index contributed by atoms with van der Waals surface area (Å²) >= 11 is 1.63. The van der Waals surface area contributed by atoms with Crippen LogP contribution in [-0.4, -0.2) is 39.2 Å². The number of hydrogen-bond donors (Lipinski definition) is 0. The van der Waals surface area contributed by atoms with Crippen molar-refractivity contribution in [3.05, 3.63) is 48.8 Å². The SMILES string of the molecule is C=CCN(C(=O)[C@@H](C)CSC)c1cn(-c2cncc(F)c2)nc1C. The lowest BCUT2D eigenvalue weighted by molar-refractivity contribution is -0.121. The van der Waals surface area contributed by atoms with Gasteiger partial charge < -0.3 is 4.90 Å². The molecule has 0 aliphatic carbocycles. The molecule has 1 amide bonds. The fourth-order valence-electron chi connectivity index (χ4n) is 2.40. The van der Waals surface area contributed by atoms with E-state index in [1.807, 2.05) is 20.1 Å². The van der Waals surface area contributed by atoms with Crippen molar-refractivity contribution in [1.29, 1.82) is 0 Å². The molecule has 0 aromatic carbocycles. The zero-order chi connectivity index (χ0) is 17.7. The van der Waals surface area contributed by atoms with E-state index in [1.165, 1.54) is 16.9 Å². The molecule has 0 saturated carbocycles. The van der Waals surface area contributed by atoms with Crippen molar-refractivity contribution in [2.24, 2.45) is 5.92 Å². The molecule has 2 heterocycles. The van der Waals surface area contributed by atoms with Gasteiger partial charge in [-0.05, 0) is 13.2 Å². The Hall–Kier alpha value is -2.15. The highest BCUT2D eigenvalue weighted by molar-refractivity contribution is 7.98. The fourth-order valence-corrected chi connectivity index (χ4v) is 3.04. The Morgan fingerprint density at radius 2 is 2.29 bits per heavy atom. The number of amides is 1. The third-order valence-electron chi connectivity index (χ3n) is 3.53. The van der Waals surface area contributed by atoms with Gasteiger partial charge >= 0.3 is 0 Å². The van der Waals surface area contributed by atoms with Crippen LogP contribution in [0.5, 0.6) is 0 Å². The maximum absolute atomic E-state index is 13.4. The second-order valence-electron chi connectivity index (χ2n) is 5.50. The molecule has 2 aromatic rings. The van der Waals surface area contributed by atoms with E-state index < -0.39 is 5.82 Å². The number of thioether (sulfide) groups is 1. The van der Waals surface area contributed by atoms with E-state index in [-0.39, 0.29) is 11.8 Å². The maximum atomic E-state index is 13.4. The molecule has 24 heavy (non-hydrogen) atoms. The van der Waals surface area contributed by atoms with Gasteiger partial charge in [-0.1, -0.05) is 13.0 Å². The van der Waals surface area contributed by atoms with Gasteiger partial charge in [-0.15, -0.1) is 6.58 Å². The molecule has 0 N–H and O–H groups in total. The first-order valence-corrected chi connectivity index (χ1v) is 8.95. The Kier molecular flexibility index (Phi) is 6.14. The minimum atomic E-state index is -0.435. The molecule has 0 radical (unpaired) electrons. The largest absolute Gasteiger partial charge is 0.305 e. The van der Waals surface area contributed by atoms with E-state index in [0.717, 1.165) is 11.9 Å². The van der Waals surface area contributed by atoms with Gasteiger partial charge in [0.2, 0.25) is 5.91 Å². The van der Waals surface area contributed by atoms with Crippen LogP contribution in [0.3, 0.4) is 0 Å². The first-order valence-electron chi connectivity index (χ1n) is 7.56. The molecule has 2 rings (SSSR count). The third kappa shape index (κ3) is 4.03. The van der Waals surface area contributed by atoms with Crippen molar-refractivity contribution >= 4 is 23.4 Å². The summed E-state index contributed by atoms with van der Waals surface area (Å²) in [6.07, 6.45) is 8.04. The van der Waals surface area contributed by atoms with E-state index in [9.17, 15) is 9.18 Å². The van der Waals surface area contributed by atoms with Crippen molar-refractivity contribution < 1.29 is 9.18 Å². The number of rotatable bonds is 7. The van der Waals surface area contributed by atoms with Gasteiger partial charge in [0.25, 0.3) is 0 Å². The van der Waals surface area contributed by atoms with Crippen molar-refractivity contribution in [2.45, 2.75) is 13.8 Å². The van der Waals surface area contributed by atoms with Gasteiger partial charge in [0, 0.05) is 24.3 Å². The van der Waals surface area contributed by atoms with Gasteiger partial charge in [0.05, 0.1) is 35.7 Å². The van der Waals surface area contributed by atoms with Gasteiger partial charge in [0.1, 0.15) is 5.82 Å². The predicted molar refractivity (Wildman–Crippen MR) is 96.2 cm³/mol. The standard InChI is InChI=1S/C17H21FN4OS/c1-5-6-21(17(23)12(2)11-24-4)16-10-22(20-13(16)3)15-7-14(18)8-19-9-15/h5,7-10,12H,1,6,11H2,2-4H3/t12-/m0/s1. The van der Waals surface area contributed by atoms with E-state index >= 15 is 0 Å². The number of carbonyl (C=O) groups is 1. The highest BCUT2D eigenvalue weighted by Crippen LogP contribution is 2.23. The lowest BCUT2D eigenvalue weighted by atomic mass is 10.1. The molecule has 0 spiro atoms. The summed E-state index contributed by atoms with van der Waals surface area (Å²) in [5.74, 6) is 0.214. The molecular formula is C17H21FN4OS. The van der Waals surface area contributed by atoms with Gasteiger partial charge in [-0.2, -0.15) is 16.9 Å². The minimum absolute atomic E-state index is 0.0178. The number of aromatic nitrogens is 3. The predicted octanol–water partition coefficient (Wildman–Crippen LogP) is 3.23. The normalized spacial score (nSPS) is 12.0. The Morgan fingerprint density at radius 1 is 1.54 bits per heavy atom. The molecule has 5 nitrogen and oxygen atoms in total. The second-order valence-corrected chi connectivity index (χ2v) is 6.41. The first kappa shape index (κ1) is 18.2. The summed E-state index contributed by atoms with van der Waals surface area (Å²) < 4.78 is 14.9. The maximum Gasteiger partial charge on any atom is 0.231 e. The number of pyridine rings is 1. The lowest BCUT2D eigenvalue weighted by Gasteiger charge is -2.23. The Labute approximate surface area is 145 Å². The lowest BCUT2D eigenvalue weighted by Crippen LogP contribution is -2.36. The van der Waals surface area contributed by atoms with Crippen LogP contribution in [0.15, 0.2) is 37.3 Å². The smallest absolute Gasteiger partial charge is 0.231 e. The molecule has 0 fully saturated rings. The van der Waals surface area contributed by atoms with Crippen molar-refractivity contribution in [2.75, 3.05) is 23.5 Å². The molecule has 2 aromatic heterocycles. The third-order valence-corrected chi connectivity index (χ3v) is 4.37. The van der Waals surface area contributed by atoms with Crippen LogP contribution in [0.1, 0.15) is 12.6 Å². The van der Waals surface area contributed by atoms with Crippen LogP contribution in [0.25, 0.3) is 5.69 Å². The van der Waals surface area contributed by atoms with Crippen LogP contribution < -0.4 is 4.90 Å². The van der Waals surface area contributed by atoms with E-state index in [2.05, 4.69) is 16.7 Å². The second kappa shape index (κ2) is 8.10. The summed E-state index contributed by atoms with van der Waals surface area (Å²) in [4.78, 5) is 18.2. The molecular weight excluding hydrogens is 327 g/mol. The van der Waals surface area contributed by atoms with E-state index in [0.29, 0.717) is 23.6 Å². The average Bonchev–Trinajstić information content (AvgIpc) is 2.94. The highest BCUT2D eigenvalue weighted by atomic mass is 32.2. The number of anilines is 1. The molecule has 7 heteroatoms. The van der Waals surface area contributed by atoms with Gasteiger partial charge in [-0.25, -0.2) is 9.07 Å². The molecule has 1 atom stereocenters. The Morgan fingerprint density at radius 3 is 2.92 bits per heavy atom. The molecule has 0 unspecified atom stereocenters. The van der Waals surface area contributed by atoms with Crippen LogP contribution in [0.4, 0.5) is 10.1 Å². The van der Waals surface area contributed by atoms with Gasteiger partial charge in [-0.3, -0.25) is 9.78 Å². The average molecular weight is 348 g/mol. The minimum Gasteiger partial charge on any atom is -0.305 e. The molecule has 0 aliphatic heterocycles. The molecule has 128 valence electrons. The monoisotopic (exact) mass is 348 g/mol. The number of hydrogen-bond acceptors (Lipinski definition) is 4. The molecule has 0 aliphatic rings. The van der Waals surface area contributed by atoms with Crippen LogP contribution in [0.2, 0.25) is 0 Å². The number of nitrogens with zero attached hydrogens (tertiary/aromatic N) is 4. The number of aryl methyl sites for hydroxylation is 1. The van der Waals surface area contributed by atoms with Crippen molar-refractivity contribution in [1.82, 2.24) is 14.8 Å². The zero-order valence-electron chi connectivity index (χ0n) is 14.1. The van der Waals surface area contributed by atoms with Crippen LogP contribution in [-0.2, 0) is 4.79 Å². The summed E-state index contributed by atoms with van der Waals surface area (Å²) in [6, 6.07) is 1.35. The van der Waals surface area contributed by atoms with Crippen LogP contribution in [0, 0.1) is 18.7 Å². The topological polar surface area (TPSA) is 51.0 Å². The Bertz CT molecular complexity index is 731.